The van der Waals surface area contributed by atoms with Crippen LogP contribution in [0.5, 0.6) is 0 Å². The zero-order valence-corrected chi connectivity index (χ0v) is 8.28. The van der Waals surface area contributed by atoms with Crippen LogP contribution in [0.3, 0.4) is 0 Å². The van der Waals surface area contributed by atoms with E-state index in [0.717, 1.165) is 0 Å². The number of aliphatic hydroxyl groups excluding tert-OH is 2. The Hall–Kier alpha value is -1.44. The number of imidazole rings is 1. The van der Waals surface area contributed by atoms with Gasteiger partial charge in [0.1, 0.15) is 35.9 Å². The summed E-state index contributed by atoms with van der Waals surface area (Å²) in [7, 11) is 0. The van der Waals surface area contributed by atoms with Gasteiger partial charge in [-0.2, -0.15) is 0 Å². The zero-order valence-electron chi connectivity index (χ0n) is 8.28. The molecule has 1 aromatic rings. The fourth-order valence-corrected chi connectivity index (χ4v) is 2.23. The normalized spacial score (nSPS) is 36.1. The van der Waals surface area contributed by atoms with E-state index in [9.17, 15) is 15.0 Å². The van der Waals surface area contributed by atoms with Gasteiger partial charge in [-0.05, 0) is 0 Å². The summed E-state index contributed by atoms with van der Waals surface area (Å²) in [6, 6.07) is 0. The van der Waals surface area contributed by atoms with Crippen LogP contribution in [0.2, 0.25) is 0 Å². The van der Waals surface area contributed by atoms with E-state index in [2.05, 4.69) is 4.98 Å². The number of rotatable bonds is 1. The first-order valence-corrected chi connectivity index (χ1v) is 4.96. The van der Waals surface area contributed by atoms with Crippen molar-refractivity contribution in [3.05, 3.63) is 17.7 Å². The Kier molecular flexibility index (Phi) is 1.85. The maximum atomic E-state index is 11.0. The van der Waals surface area contributed by atoms with Gasteiger partial charge in [0.15, 0.2) is 0 Å². The van der Waals surface area contributed by atoms with Crippen molar-refractivity contribution in [1.29, 1.82) is 0 Å². The van der Waals surface area contributed by atoms with E-state index < -0.39 is 30.3 Å². The van der Waals surface area contributed by atoms with E-state index in [1.807, 2.05) is 0 Å². The van der Waals surface area contributed by atoms with Crippen LogP contribution in [0.25, 0.3) is 0 Å². The molecule has 0 aliphatic carbocycles. The monoisotopic (exact) mass is 225 g/mol. The summed E-state index contributed by atoms with van der Waals surface area (Å²) in [4.78, 5) is 15.0. The quantitative estimate of drug-likeness (QED) is 0.520. The van der Waals surface area contributed by atoms with Crippen molar-refractivity contribution >= 4 is 5.91 Å². The number of aliphatic hydroxyl groups is 2. The molecule has 16 heavy (non-hydrogen) atoms. The second kappa shape index (κ2) is 3.03. The summed E-state index contributed by atoms with van der Waals surface area (Å²) in [5, 5.41) is 19.3. The molecule has 0 saturated carbocycles. The van der Waals surface area contributed by atoms with Crippen LogP contribution in [0.4, 0.5) is 0 Å². The molecule has 3 heterocycles. The molecule has 0 spiro atoms. The SMILES string of the molecule is NC(=O)c1cn2c(n1)[C@@H]1O[C@H](C2)[C@@H](O)[C@H]1O. The van der Waals surface area contributed by atoms with Crippen LogP contribution < -0.4 is 5.73 Å². The Balaban J connectivity index is 2.04. The molecule has 3 rings (SSSR count). The topological polar surface area (TPSA) is 111 Å². The third kappa shape index (κ3) is 1.13. The maximum absolute atomic E-state index is 11.0. The molecule has 0 aromatic carbocycles. The largest absolute Gasteiger partial charge is 0.388 e. The first kappa shape index (κ1) is 9.76. The lowest BCUT2D eigenvalue weighted by Gasteiger charge is -2.21. The number of carbonyl (C=O) groups excluding carboxylic acids is 1. The Morgan fingerprint density at radius 2 is 2.31 bits per heavy atom. The Bertz CT molecular complexity index is 456. The molecule has 4 N–H and O–H groups in total. The third-order valence-electron chi connectivity index (χ3n) is 3.05. The summed E-state index contributed by atoms with van der Waals surface area (Å²) in [5.74, 6) is -0.179. The summed E-state index contributed by atoms with van der Waals surface area (Å²) < 4.78 is 7.10. The maximum Gasteiger partial charge on any atom is 0.268 e. The highest BCUT2D eigenvalue weighted by Crippen LogP contribution is 2.37. The second-order valence-corrected chi connectivity index (χ2v) is 4.08. The molecule has 1 fully saturated rings. The number of ether oxygens (including phenoxy) is 1. The molecule has 2 bridgehead atoms. The van der Waals surface area contributed by atoms with Gasteiger partial charge >= 0.3 is 0 Å². The molecule has 2 aliphatic heterocycles. The van der Waals surface area contributed by atoms with Crippen molar-refractivity contribution < 1.29 is 19.7 Å². The number of hydrogen-bond acceptors (Lipinski definition) is 5. The number of primary amides is 1. The molecule has 86 valence electrons. The Labute approximate surface area is 90.5 Å². The van der Waals surface area contributed by atoms with Crippen LogP contribution >= 0.6 is 0 Å². The predicted octanol–water partition coefficient (Wildman–Crippen LogP) is -1.84. The van der Waals surface area contributed by atoms with E-state index >= 15 is 0 Å². The van der Waals surface area contributed by atoms with Crippen molar-refractivity contribution in [1.82, 2.24) is 9.55 Å². The minimum absolute atomic E-state index is 0.146. The summed E-state index contributed by atoms with van der Waals surface area (Å²) in [5.41, 5.74) is 5.26. The second-order valence-electron chi connectivity index (χ2n) is 4.08. The van der Waals surface area contributed by atoms with Gasteiger partial charge in [-0.3, -0.25) is 4.79 Å². The molecule has 1 aromatic heterocycles. The van der Waals surface area contributed by atoms with Crippen LogP contribution in [0.15, 0.2) is 6.20 Å². The van der Waals surface area contributed by atoms with Crippen LogP contribution in [0, 0.1) is 0 Å². The fraction of sp³-hybridized carbons (Fsp3) is 0.556. The van der Waals surface area contributed by atoms with Crippen LogP contribution in [-0.2, 0) is 11.3 Å². The molecular weight excluding hydrogens is 214 g/mol. The molecule has 2 aliphatic rings. The van der Waals surface area contributed by atoms with Crippen molar-refractivity contribution in [2.24, 2.45) is 5.73 Å². The lowest BCUT2D eigenvalue weighted by molar-refractivity contribution is -0.0273. The van der Waals surface area contributed by atoms with Crippen molar-refractivity contribution in [2.75, 3.05) is 0 Å². The van der Waals surface area contributed by atoms with E-state index in [-0.39, 0.29) is 5.69 Å². The van der Waals surface area contributed by atoms with Gasteiger partial charge in [0.25, 0.3) is 5.91 Å². The highest BCUT2D eigenvalue weighted by molar-refractivity contribution is 5.90. The van der Waals surface area contributed by atoms with Gasteiger partial charge in [0, 0.05) is 6.20 Å². The number of nitrogens with zero attached hydrogens (tertiary/aromatic N) is 2. The Morgan fingerprint density at radius 1 is 1.56 bits per heavy atom. The van der Waals surface area contributed by atoms with Gasteiger partial charge < -0.3 is 25.3 Å². The molecule has 1 saturated heterocycles. The minimum Gasteiger partial charge on any atom is -0.388 e. The van der Waals surface area contributed by atoms with Gasteiger partial charge in [-0.1, -0.05) is 0 Å². The van der Waals surface area contributed by atoms with Crippen molar-refractivity contribution in [2.45, 2.75) is 31.0 Å². The van der Waals surface area contributed by atoms with Crippen molar-refractivity contribution in [3.8, 4) is 0 Å². The van der Waals surface area contributed by atoms with E-state index in [1.54, 1.807) is 4.57 Å². The fourth-order valence-electron chi connectivity index (χ4n) is 2.23. The molecule has 7 nitrogen and oxygen atoms in total. The highest BCUT2D eigenvalue weighted by atomic mass is 16.5. The average Bonchev–Trinajstić information content (AvgIpc) is 2.77. The zero-order chi connectivity index (χ0) is 11.4. The first-order valence-electron chi connectivity index (χ1n) is 4.96. The van der Waals surface area contributed by atoms with E-state index in [4.69, 9.17) is 10.5 Å². The first-order chi connectivity index (χ1) is 7.58. The molecule has 0 unspecified atom stereocenters. The van der Waals surface area contributed by atoms with E-state index in [0.29, 0.717) is 12.4 Å². The van der Waals surface area contributed by atoms with Crippen LogP contribution in [0.1, 0.15) is 22.4 Å². The highest BCUT2D eigenvalue weighted by Gasteiger charge is 2.49. The number of carbonyl (C=O) groups is 1. The summed E-state index contributed by atoms with van der Waals surface area (Å²) >= 11 is 0. The molecule has 4 atom stereocenters. The molecule has 0 radical (unpaired) electrons. The predicted molar refractivity (Wildman–Crippen MR) is 50.4 cm³/mol. The van der Waals surface area contributed by atoms with Crippen molar-refractivity contribution in [3.63, 3.8) is 0 Å². The number of fused-ring (bicyclic) bond motifs is 4. The van der Waals surface area contributed by atoms with E-state index in [1.165, 1.54) is 6.20 Å². The molecule has 1 amide bonds. The Morgan fingerprint density at radius 3 is 3.00 bits per heavy atom. The summed E-state index contributed by atoms with van der Waals surface area (Å²) in [6.45, 7) is 0.365. The van der Waals surface area contributed by atoms with Gasteiger partial charge in [0.05, 0.1) is 6.54 Å². The number of nitrogens with two attached hydrogens (primary N) is 1. The smallest absolute Gasteiger partial charge is 0.268 e. The standard InChI is InChI=1S/C9H11N3O4/c10-8(15)3-1-12-2-4-5(13)6(14)7(16-4)9(12)11-3/h1,4-7,13-14H,2H2,(H2,10,15)/t4-,5-,6-,7-/m1/s1. The number of aromatic nitrogens is 2. The van der Waals surface area contributed by atoms with Gasteiger partial charge in [-0.25, -0.2) is 4.98 Å². The average molecular weight is 225 g/mol. The minimum atomic E-state index is -1.01. The van der Waals surface area contributed by atoms with Gasteiger partial charge in [0.2, 0.25) is 0 Å². The molecular formula is C9H11N3O4. The van der Waals surface area contributed by atoms with Gasteiger partial charge in [-0.15, -0.1) is 0 Å². The molecule has 7 heteroatoms. The number of amides is 1. The lowest BCUT2D eigenvalue weighted by atomic mass is 10.1. The lowest BCUT2D eigenvalue weighted by Crippen LogP contribution is -2.31. The third-order valence-corrected chi connectivity index (χ3v) is 3.05. The summed E-state index contributed by atoms with van der Waals surface area (Å²) in [6.07, 6.45) is -1.53. The number of hydrogen-bond donors (Lipinski definition) is 3. The van der Waals surface area contributed by atoms with Crippen LogP contribution in [-0.4, -0.2) is 44.0 Å².